The van der Waals surface area contributed by atoms with Gasteiger partial charge in [-0.05, 0) is 50.5 Å². The van der Waals surface area contributed by atoms with E-state index < -0.39 is 16.1 Å². The lowest BCUT2D eigenvalue weighted by Gasteiger charge is -2.30. The van der Waals surface area contributed by atoms with Gasteiger partial charge in [-0.25, -0.2) is 8.42 Å². The molecule has 0 unspecified atom stereocenters. The molecule has 10 heteroatoms. The summed E-state index contributed by atoms with van der Waals surface area (Å²) in [6, 6.07) is 11.5. The van der Waals surface area contributed by atoms with E-state index in [4.69, 9.17) is 23.2 Å². The summed E-state index contributed by atoms with van der Waals surface area (Å²) in [5, 5.41) is 3.62. The second-order valence-corrected chi connectivity index (χ2v) is 11.1. The van der Waals surface area contributed by atoms with Crippen molar-refractivity contribution < 1.29 is 18.0 Å². The Morgan fingerprint density at radius 3 is 2.26 bits per heavy atom. The highest BCUT2D eigenvalue weighted by Crippen LogP contribution is 2.27. The minimum atomic E-state index is -3.55. The first-order valence-corrected chi connectivity index (χ1v) is 14.1. The van der Waals surface area contributed by atoms with Crippen LogP contribution in [-0.4, -0.2) is 50.5 Å². The molecule has 0 spiro atoms. The molecule has 0 fully saturated rings. The molecule has 2 amide bonds. The second kappa shape index (κ2) is 13.1. The summed E-state index contributed by atoms with van der Waals surface area (Å²) in [4.78, 5) is 27.4. The molecule has 1 N–H and O–H groups in total. The number of nitrogens with one attached hydrogen (secondary N) is 1. The molecule has 0 aliphatic rings. The number of nitrogens with zero attached hydrogens (tertiary/aromatic N) is 2. The fourth-order valence-electron chi connectivity index (χ4n) is 3.66. The first-order chi connectivity index (χ1) is 16.5. The number of rotatable bonds is 12. The molecule has 0 bridgehead atoms. The summed E-state index contributed by atoms with van der Waals surface area (Å²) in [6.07, 6.45) is 2.23. The Balaban J connectivity index is 2.22. The van der Waals surface area contributed by atoms with E-state index in [0.717, 1.165) is 18.2 Å². The summed E-state index contributed by atoms with van der Waals surface area (Å²) in [7, 11) is -3.55. The number of carbonyl (C=O) groups excluding carboxylic acids is 2. The zero-order valence-electron chi connectivity index (χ0n) is 20.6. The van der Waals surface area contributed by atoms with E-state index in [0.29, 0.717) is 27.8 Å². The zero-order valence-corrected chi connectivity index (χ0v) is 22.9. The van der Waals surface area contributed by atoms with Gasteiger partial charge in [-0.1, -0.05) is 54.4 Å². The Labute approximate surface area is 218 Å². The number of halogens is 2. The third-order valence-corrected chi connectivity index (χ3v) is 7.53. The molecule has 1 atom stereocenters. The Hall–Kier alpha value is -2.29. The number of aryl methyl sites for hydroxylation is 1. The monoisotopic (exact) mass is 541 g/mol. The number of anilines is 1. The molecular formula is C25H33Cl2N3O4S. The fraction of sp³-hybridized carbons (Fsp3) is 0.440. The van der Waals surface area contributed by atoms with Crippen LogP contribution in [0.25, 0.3) is 0 Å². The first-order valence-electron chi connectivity index (χ1n) is 11.5. The van der Waals surface area contributed by atoms with Gasteiger partial charge in [-0.2, -0.15) is 0 Å². The molecule has 0 aromatic heterocycles. The van der Waals surface area contributed by atoms with Crippen LogP contribution in [0.3, 0.4) is 0 Å². The molecule has 0 aliphatic heterocycles. The van der Waals surface area contributed by atoms with Gasteiger partial charge in [0, 0.05) is 41.7 Å². The lowest BCUT2D eigenvalue weighted by atomic mass is 10.1. The molecular weight excluding hydrogens is 509 g/mol. The number of benzene rings is 2. The molecule has 0 saturated heterocycles. The van der Waals surface area contributed by atoms with Crippen LogP contribution in [0.4, 0.5) is 5.69 Å². The molecule has 0 aliphatic carbocycles. The lowest BCUT2D eigenvalue weighted by Crippen LogP contribution is -2.48. The van der Waals surface area contributed by atoms with Gasteiger partial charge in [0.1, 0.15) is 6.04 Å². The van der Waals surface area contributed by atoms with E-state index in [1.807, 2.05) is 26.0 Å². The van der Waals surface area contributed by atoms with Crippen molar-refractivity contribution in [3.05, 3.63) is 63.6 Å². The van der Waals surface area contributed by atoms with E-state index in [9.17, 15) is 18.0 Å². The van der Waals surface area contributed by atoms with Crippen LogP contribution in [0, 0.1) is 6.92 Å². The molecule has 0 radical (unpaired) electrons. The molecule has 7 nitrogen and oxygen atoms in total. The van der Waals surface area contributed by atoms with Crippen molar-refractivity contribution in [2.75, 3.05) is 23.7 Å². The van der Waals surface area contributed by atoms with Crippen molar-refractivity contribution in [3.8, 4) is 0 Å². The molecule has 2 aromatic carbocycles. The molecule has 35 heavy (non-hydrogen) atoms. The summed E-state index contributed by atoms with van der Waals surface area (Å²) in [5.41, 5.74) is 1.95. The Morgan fingerprint density at radius 2 is 1.69 bits per heavy atom. The Bertz CT molecular complexity index is 1120. The van der Waals surface area contributed by atoms with Gasteiger partial charge < -0.3 is 10.2 Å². The molecule has 0 heterocycles. The van der Waals surface area contributed by atoms with Gasteiger partial charge in [0.25, 0.3) is 0 Å². The molecule has 0 saturated carbocycles. The van der Waals surface area contributed by atoms with Crippen molar-refractivity contribution in [1.29, 1.82) is 0 Å². The van der Waals surface area contributed by atoms with E-state index in [-0.39, 0.29) is 37.7 Å². The van der Waals surface area contributed by atoms with Crippen LogP contribution in [-0.2, 0) is 26.2 Å². The minimum absolute atomic E-state index is 0.0470. The number of sulfonamides is 1. The third-order valence-electron chi connectivity index (χ3n) is 5.64. The summed E-state index contributed by atoms with van der Waals surface area (Å²) in [6.45, 7) is 6.13. The van der Waals surface area contributed by atoms with Gasteiger partial charge in [-0.3, -0.25) is 13.9 Å². The highest BCUT2D eigenvalue weighted by atomic mass is 35.5. The SMILES string of the molecule is CCCNC(=O)[C@H](C)N(Cc1c(Cl)cccc1Cl)C(=O)CCCN(c1ccccc1C)S(C)(=O)=O. The van der Waals surface area contributed by atoms with Crippen LogP contribution in [0.15, 0.2) is 42.5 Å². The topological polar surface area (TPSA) is 86.8 Å². The van der Waals surface area contributed by atoms with Crippen LogP contribution >= 0.6 is 23.2 Å². The fourth-order valence-corrected chi connectivity index (χ4v) is 5.20. The van der Waals surface area contributed by atoms with Gasteiger partial charge >= 0.3 is 0 Å². The van der Waals surface area contributed by atoms with Gasteiger partial charge in [0.05, 0.1) is 11.9 Å². The number of amides is 2. The van der Waals surface area contributed by atoms with E-state index >= 15 is 0 Å². The van der Waals surface area contributed by atoms with Crippen LogP contribution < -0.4 is 9.62 Å². The maximum absolute atomic E-state index is 13.3. The average molecular weight is 543 g/mol. The number of carbonyl (C=O) groups is 2. The summed E-state index contributed by atoms with van der Waals surface area (Å²) >= 11 is 12.7. The van der Waals surface area contributed by atoms with Crippen molar-refractivity contribution >= 4 is 50.7 Å². The largest absolute Gasteiger partial charge is 0.354 e. The summed E-state index contributed by atoms with van der Waals surface area (Å²) in [5.74, 6) is -0.570. The second-order valence-electron chi connectivity index (χ2n) is 8.41. The smallest absolute Gasteiger partial charge is 0.242 e. The van der Waals surface area contributed by atoms with E-state index in [1.165, 1.54) is 9.21 Å². The van der Waals surface area contributed by atoms with Crippen molar-refractivity contribution in [1.82, 2.24) is 10.2 Å². The number of hydrogen-bond donors (Lipinski definition) is 1. The van der Waals surface area contributed by atoms with E-state index in [1.54, 1.807) is 37.3 Å². The summed E-state index contributed by atoms with van der Waals surface area (Å²) < 4.78 is 26.2. The van der Waals surface area contributed by atoms with Crippen LogP contribution in [0.5, 0.6) is 0 Å². The van der Waals surface area contributed by atoms with Gasteiger partial charge in [0.15, 0.2) is 0 Å². The quantitative estimate of drug-likeness (QED) is 0.418. The number of hydrogen-bond acceptors (Lipinski definition) is 4. The van der Waals surface area contributed by atoms with Crippen molar-refractivity contribution in [2.45, 2.75) is 52.6 Å². The lowest BCUT2D eigenvalue weighted by molar-refractivity contribution is -0.140. The van der Waals surface area contributed by atoms with Crippen LogP contribution in [0.2, 0.25) is 10.0 Å². The van der Waals surface area contributed by atoms with Gasteiger partial charge in [-0.15, -0.1) is 0 Å². The first kappa shape index (κ1) is 28.9. The average Bonchev–Trinajstić information content (AvgIpc) is 2.79. The number of para-hydroxylation sites is 1. The maximum atomic E-state index is 13.3. The third kappa shape index (κ3) is 8.12. The van der Waals surface area contributed by atoms with Crippen molar-refractivity contribution in [2.24, 2.45) is 0 Å². The van der Waals surface area contributed by atoms with E-state index in [2.05, 4.69) is 5.32 Å². The predicted octanol–water partition coefficient (Wildman–Crippen LogP) is 4.79. The standard InChI is InChI=1S/C25H33Cl2N3O4S/c1-5-15-28-25(32)19(3)29(17-20-21(26)11-8-12-22(20)27)24(31)14-9-16-30(35(4,33)34)23-13-7-6-10-18(23)2/h6-8,10-13,19H,5,9,14-17H2,1-4H3,(H,28,32)/t19-/m0/s1. The van der Waals surface area contributed by atoms with Gasteiger partial charge in [0.2, 0.25) is 21.8 Å². The molecule has 2 rings (SSSR count). The maximum Gasteiger partial charge on any atom is 0.242 e. The van der Waals surface area contributed by atoms with Crippen molar-refractivity contribution in [3.63, 3.8) is 0 Å². The molecule has 2 aromatic rings. The zero-order chi connectivity index (χ0) is 26.2. The highest BCUT2D eigenvalue weighted by molar-refractivity contribution is 7.92. The van der Waals surface area contributed by atoms with Crippen LogP contribution in [0.1, 0.15) is 44.2 Å². The Kier molecular flexibility index (Phi) is 10.9. The highest BCUT2D eigenvalue weighted by Gasteiger charge is 2.28. The minimum Gasteiger partial charge on any atom is -0.354 e. The normalized spacial score (nSPS) is 12.2. The predicted molar refractivity (Wildman–Crippen MR) is 142 cm³/mol. The Morgan fingerprint density at radius 1 is 1.06 bits per heavy atom. The molecule has 192 valence electrons.